The highest BCUT2D eigenvalue weighted by Gasteiger charge is 2.24. The van der Waals surface area contributed by atoms with Crippen LogP contribution in [0, 0.1) is 6.92 Å². The second kappa shape index (κ2) is 14.5. The summed E-state index contributed by atoms with van der Waals surface area (Å²) in [5.41, 5.74) is 2.30. The maximum Gasteiger partial charge on any atom is 0.150 e. The highest BCUT2D eigenvalue weighted by atomic mass is 79.9. The Morgan fingerprint density at radius 2 is 1.25 bits per heavy atom. The maximum absolute atomic E-state index is 5.97. The number of hydrogen-bond acceptors (Lipinski definition) is 2. The summed E-state index contributed by atoms with van der Waals surface area (Å²) in [6.07, 6.45) is 8.83. The monoisotopic (exact) mass is 822 g/mol. The Labute approximate surface area is 242 Å². The number of rotatable bonds is 13. The Balaban J connectivity index is 1.82. The largest absolute Gasteiger partial charge is 0.490 e. The van der Waals surface area contributed by atoms with E-state index in [9.17, 15) is 0 Å². The number of ether oxygens (including phenoxy) is 2. The predicted octanol–water partition coefficient (Wildman–Crippen LogP) is 11.2. The SMILES string of the molecule is CCCCCCCCC(Br)(Br)c1ccc(OCCOc2c(Br)c(Br)c(C)c(Br)c2Br)cc1. The Hall–Kier alpha value is 0.920. The topological polar surface area (TPSA) is 18.5 Å². The van der Waals surface area contributed by atoms with Gasteiger partial charge in [0.15, 0.2) is 0 Å². The molecule has 0 amide bonds. The summed E-state index contributed by atoms with van der Waals surface area (Å²) < 4.78 is 15.4. The van der Waals surface area contributed by atoms with Crippen molar-refractivity contribution < 1.29 is 9.47 Å². The van der Waals surface area contributed by atoms with Gasteiger partial charge in [-0.3, -0.25) is 0 Å². The highest BCUT2D eigenvalue weighted by Crippen LogP contribution is 2.46. The molecule has 0 aromatic heterocycles. The van der Waals surface area contributed by atoms with Gasteiger partial charge in [-0.2, -0.15) is 0 Å². The quantitative estimate of drug-likeness (QED) is 0.114. The third kappa shape index (κ3) is 8.54. The van der Waals surface area contributed by atoms with Gasteiger partial charge in [-0.25, -0.2) is 0 Å². The number of alkyl halides is 2. The molecule has 2 aromatic carbocycles. The molecule has 0 saturated heterocycles. The summed E-state index contributed by atoms with van der Waals surface area (Å²) in [5.74, 6) is 1.57. The molecule has 2 rings (SSSR count). The third-order valence-electron chi connectivity index (χ3n) is 5.16. The van der Waals surface area contributed by atoms with Gasteiger partial charge in [0.25, 0.3) is 0 Å². The van der Waals surface area contributed by atoms with Crippen LogP contribution in [0.2, 0.25) is 0 Å². The van der Waals surface area contributed by atoms with Crippen molar-refractivity contribution in [3.63, 3.8) is 0 Å². The summed E-state index contributed by atoms with van der Waals surface area (Å²) in [4.78, 5) is 0. The molecule has 0 radical (unpaired) electrons. The van der Waals surface area contributed by atoms with Gasteiger partial charge in [0.05, 0.1) is 8.95 Å². The number of halogens is 6. The van der Waals surface area contributed by atoms with Crippen LogP contribution < -0.4 is 9.47 Å². The van der Waals surface area contributed by atoms with E-state index in [1.54, 1.807) is 0 Å². The molecule has 0 heterocycles. The van der Waals surface area contributed by atoms with E-state index in [0.29, 0.717) is 13.2 Å². The van der Waals surface area contributed by atoms with Gasteiger partial charge < -0.3 is 9.47 Å². The summed E-state index contributed by atoms with van der Waals surface area (Å²) >= 11 is 22.1. The first-order chi connectivity index (χ1) is 15.2. The van der Waals surface area contributed by atoms with Crippen LogP contribution in [-0.2, 0) is 3.23 Å². The van der Waals surface area contributed by atoms with Crippen LogP contribution in [-0.4, -0.2) is 13.2 Å². The molecule has 0 fully saturated rings. The van der Waals surface area contributed by atoms with E-state index in [2.05, 4.69) is 115 Å². The fraction of sp³-hybridized carbons (Fsp3) is 0.500. The molecule has 0 aliphatic heterocycles. The van der Waals surface area contributed by atoms with Gasteiger partial charge in [0.2, 0.25) is 0 Å². The van der Waals surface area contributed by atoms with Crippen molar-refractivity contribution in [1.29, 1.82) is 0 Å². The molecule has 0 aliphatic rings. The van der Waals surface area contributed by atoms with Crippen molar-refractivity contribution in [2.24, 2.45) is 0 Å². The molecular weight excluding hydrogens is 800 g/mol. The van der Waals surface area contributed by atoms with E-state index >= 15 is 0 Å². The normalized spacial score (nSPS) is 11.6. The van der Waals surface area contributed by atoms with Crippen molar-refractivity contribution in [3.8, 4) is 11.5 Å². The summed E-state index contributed by atoms with van der Waals surface area (Å²) in [6, 6.07) is 8.24. The molecular formula is C24H28Br6O2. The van der Waals surface area contributed by atoms with Gasteiger partial charge in [0.1, 0.15) is 27.9 Å². The smallest absolute Gasteiger partial charge is 0.150 e. The van der Waals surface area contributed by atoms with E-state index in [1.807, 2.05) is 19.1 Å². The summed E-state index contributed by atoms with van der Waals surface area (Å²) in [7, 11) is 0. The molecule has 0 unspecified atom stereocenters. The van der Waals surface area contributed by atoms with Gasteiger partial charge in [-0.15, -0.1) is 0 Å². The van der Waals surface area contributed by atoms with E-state index in [0.717, 1.165) is 41.4 Å². The lowest BCUT2D eigenvalue weighted by Crippen LogP contribution is -2.11. The number of benzene rings is 2. The van der Waals surface area contributed by atoms with E-state index in [1.165, 1.54) is 44.1 Å². The molecule has 0 aliphatic carbocycles. The predicted molar refractivity (Wildman–Crippen MR) is 157 cm³/mol. The Morgan fingerprint density at radius 3 is 1.84 bits per heavy atom. The van der Waals surface area contributed by atoms with Crippen LogP contribution in [0.1, 0.15) is 63.0 Å². The van der Waals surface area contributed by atoms with Gasteiger partial charge in [-0.1, -0.05) is 89.4 Å². The summed E-state index contributed by atoms with van der Waals surface area (Å²) in [6.45, 7) is 5.16. The van der Waals surface area contributed by atoms with Crippen molar-refractivity contribution in [2.45, 2.75) is 62.0 Å². The number of hydrogen-bond donors (Lipinski definition) is 0. The van der Waals surface area contributed by atoms with Crippen LogP contribution in [0.5, 0.6) is 11.5 Å². The van der Waals surface area contributed by atoms with Gasteiger partial charge in [-0.05, 0) is 100 Å². The van der Waals surface area contributed by atoms with E-state index < -0.39 is 0 Å². The van der Waals surface area contributed by atoms with Crippen LogP contribution in [0.4, 0.5) is 0 Å². The first kappa shape index (κ1) is 29.2. The molecule has 32 heavy (non-hydrogen) atoms. The molecule has 2 aromatic rings. The lowest BCUT2D eigenvalue weighted by molar-refractivity contribution is 0.215. The van der Waals surface area contributed by atoms with Gasteiger partial charge >= 0.3 is 0 Å². The molecule has 0 saturated carbocycles. The molecule has 2 nitrogen and oxygen atoms in total. The molecule has 0 bridgehead atoms. The maximum atomic E-state index is 5.97. The molecule has 0 N–H and O–H groups in total. The Kier molecular flexibility index (Phi) is 13.2. The zero-order valence-corrected chi connectivity index (χ0v) is 27.8. The second-order valence-electron chi connectivity index (χ2n) is 7.65. The third-order valence-corrected chi connectivity index (χ3v) is 11.4. The van der Waals surface area contributed by atoms with Crippen LogP contribution in [0.15, 0.2) is 42.2 Å². The van der Waals surface area contributed by atoms with Crippen molar-refractivity contribution in [3.05, 3.63) is 53.3 Å². The Morgan fingerprint density at radius 1 is 0.719 bits per heavy atom. The lowest BCUT2D eigenvalue weighted by Gasteiger charge is -2.21. The van der Waals surface area contributed by atoms with E-state index in [-0.39, 0.29) is 3.23 Å². The average Bonchev–Trinajstić information content (AvgIpc) is 2.78. The van der Waals surface area contributed by atoms with Crippen molar-refractivity contribution >= 4 is 95.6 Å². The van der Waals surface area contributed by atoms with Crippen LogP contribution in [0.3, 0.4) is 0 Å². The standard InChI is InChI=1S/C24H28Br6O2/c1-3-4-5-6-7-8-13-24(29,30)17-9-11-18(12-10-17)31-14-15-32-23-21(27)19(25)16(2)20(26)22(23)28/h9-12H,3-8,13-15H2,1-2H3. The van der Waals surface area contributed by atoms with Crippen LogP contribution in [0.25, 0.3) is 0 Å². The Bertz CT molecular complexity index is 839. The molecule has 0 atom stereocenters. The first-order valence-corrected chi connectivity index (χ1v) is 15.5. The van der Waals surface area contributed by atoms with E-state index in [4.69, 9.17) is 9.47 Å². The second-order valence-corrected chi connectivity index (χ2v) is 14.6. The minimum absolute atomic E-state index is 0.183. The molecule has 0 spiro atoms. The number of unbranched alkanes of at least 4 members (excludes halogenated alkanes) is 5. The fourth-order valence-corrected chi connectivity index (χ4v) is 6.82. The zero-order valence-electron chi connectivity index (χ0n) is 18.3. The highest BCUT2D eigenvalue weighted by molar-refractivity contribution is 9.24. The minimum Gasteiger partial charge on any atom is -0.490 e. The average molecular weight is 828 g/mol. The zero-order chi connectivity index (χ0) is 23.7. The first-order valence-electron chi connectivity index (χ1n) is 10.8. The fourth-order valence-electron chi connectivity index (χ4n) is 3.22. The molecule has 8 heteroatoms. The van der Waals surface area contributed by atoms with Gasteiger partial charge in [0, 0.05) is 8.95 Å². The lowest BCUT2D eigenvalue weighted by atomic mass is 10.0. The molecule has 178 valence electrons. The van der Waals surface area contributed by atoms with Crippen molar-refractivity contribution in [1.82, 2.24) is 0 Å². The van der Waals surface area contributed by atoms with Crippen molar-refractivity contribution in [2.75, 3.05) is 13.2 Å². The van der Waals surface area contributed by atoms with Crippen LogP contribution >= 0.6 is 95.6 Å². The summed E-state index contributed by atoms with van der Waals surface area (Å²) in [5, 5.41) is 0. The minimum atomic E-state index is -0.183.